The SMILES string of the molecule is Cc1cc(C(=O)O)c(C)c(C)c1C.[AlH3]. The monoisotopic (exact) mass is 208 g/mol. The Morgan fingerprint density at radius 3 is 2.00 bits per heavy atom. The van der Waals surface area contributed by atoms with Crippen molar-refractivity contribution >= 4 is 23.3 Å². The molecule has 0 radical (unpaired) electrons. The Morgan fingerprint density at radius 1 is 1.07 bits per heavy atom. The van der Waals surface area contributed by atoms with Crippen LogP contribution in [-0.4, -0.2) is 28.4 Å². The molecule has 0 atom stereocenters. The highest BCUT2D eigenvalue weighted by atomic mass is 27.0. The second-order valence-corrected chi connectivity index (χ2v) is 3.42. The van der Waals surface area contributed by atoms with Gasteiger partial charge in [0, 0.05) is 0 Å². The van der Waals surface area contributed by atoms with Crippen molar-refractivity contribution < 1.29 is 9.90 Å². The van der Waals surface area contributed by atoms with Crippen LogP contribution in [0.3, 0.4) is 0 Å². The quantitative estimate of drug-likeness (QED) is 0.709. The number of carboxylic acid groups (broad SMARTS) is 1. The Labute approximate surface area is 95.1 Å². The number of carboxylic acids is 1. The van der Waals surface area contributed by atoms with Gasteiger partial charge in [0.15, 0.2) is 17.4 Å². The van der Waals surface area contributed by atoms with E-state index in [9.17, 15) is 4.79 Å². The van der Waals surface area contributed by atoms with Crippen molar-refractivity contribution in [2.75, 3.05) is 0 Å². The first-order valence-corrected chi connectivity index (χ1v) is 4.26. The van der Waals surface area contributed by atoms with E-state index >= 15 is 0 Å². The van der Waals surface area contributed by atoms with Gasteiger partial charge in [0.25, 0.3) is 0 Å². The van der Waals surface area contributed by atoms with Crippen LogP contribution in [0.4, 0.5) is 0 Å². The van der Waals surface area contributed by atoms with Crippen LogP contribution in [-0.2, 0) is 0 Å². The first-order valence-electron chi connectivity index (χ1n) is 4.26. The second-order valence-electron chi connectivity index (χ2n) is 3.42. The molecule has 0 aromatic heterocycles. The van der Waals surface area contributed by atoms with E-state index in [2.05, 4.69) is 0 Å². The summed E-state index contributed by atoms with van der Waals surface area (Å²) < 4.78 is 0. The van der Waals surface area contributed by atoms with Gasteiger partial charge in [-0.05, 0) is 56.0 Å². The fraction of sp³-hybridized carbons (Fsp3) is 0.364. The van der Waals surface area contributed by atoms with Crippen molar-refractivity contribution in [2.24, 2.45) is 0 Å². The van der Waals surface area contributed by atoms with E-state index in [1.807, 2.05) is 27.7 Å². The summed E-state index contributed by atoms with van der Waals surface area (Å²) in [7, 11) is 0. The van der Waals surface area contributed by atoms with Gasteiger partial charge < -0.3 is 5.11 Å². The highest BCUT2D eigenvalue weighted by molar-refractivity contribution is 5.90. The maximum absolute atomic E-state index is 10.8. The van der Waals surface area contributed by atoms with Gasteiger partial charge in [0.05, 0.1) is 5.56 Å². The molecule has 1 rings (SSSR count). The molecule has 0 aliphatic heterocycles. The Bertz CT molecular complexity index is 370. The fourth-order valence-electron chi connectivity index (χ4n) is 1.43. The van der Waals surface area contributed by atoms with Crippen molar-refractivity contribution in [2.45, 2.75) is 27.7 Å². The lowest BCUT2D eigenvalue weighted by molar-refractivity contribution is 0.0696. The maximum atomic E-state index is 10.8. The smallest absolute Gasteiger partial charge is 0.335 e. The molecule has 1 aromatic rings. The van der Waals surface area contributed by atoms with Crippen LogP contribution in [0.2, 0.25) is 0 Å². The predicted molar refractivity (Wildman–Crippen MR) is 62.3 cm³/mol. The molecule has 76 valence electrons. The molecular weight excluding hydrogens is 191 g/mol. The van der Waals surface area contributed by atoms with E-state index in [0.717, 1.165) is 16.7 Å². The normalized spacial score (nSPS) is 9.43. The summed E-state index contributed by atoms with van der Waals surface area (Å²) in [5, 5.41) is 8.91. The number of carbonyl (C=O) groups is 1. The number of rotatable bonds is 1. The summed E-state index contributed by atoms with van der Waals surface area (Å²) in [6.45, 7) is 7.77. The molecule has 0 heterocycles. The van der Waals surface area contributed by atoms with E-state index in [1.165, 1.54) is 5.56 Å². The molecule has 0 saturated carbocycles. The molecule has 2 nitrogen and oxygen atoms in total. The van der Waals surface area contributed by atoms with Gasteiger partial charge in [-0.1, -0.05) is 0 Å². The third kappa shape index (κ3) is 2.17. The first-order chi connectivity index (χ1) is 5.95. The lowest BCUT2D eigenvalue weighted by atomic mass is 9.95. The van der Waals surface area contributed by atoms with Crippen molar-refractivity contribution in [3.63, 3.8) is 0 Å². The fourth-order valence-corrected chi connectivity index (χ4v) is 1.43. The third-order valence-electron chi connectivity index (χ3n) is 2.71. The maximum Gasteiger partial charge on any atom is 0.335 e. The molecule has 0 bridgehead atoms. The van der Waals surface area contributed by atoms with Crippen LogP contribution in [0.25, 0.3) is 0 Å². The zero-order valence-corrected chi connectivity index (χ0v) is 8.43. The van der Waals surface area contributed by atoms with E-state index in [-0.39, 0.29) is 17.4 Å². The van der Waals surface area contributed by atoms with Crippen molar-refractivity contribution in [3.05, 3.63) is 33.9 Å². The van der Waals surface area contributed by atoms with E-state index in [1.54, 1.807) is 6.07 Å². The zero-order valence-electron chi connectivity index (χ0n) is 8.43. The van der Waals surface area contributed by atoms with E-state index < -0.39 is 5.97 Å². The molecule has 0 unspecified atom stereocenters. The molecule has 14 heavy (non-hydrogen) atoms. The Kier molecular flexibility index (Phi) is 4.38. The molecule has 1 N–H and O–H groups in total. The summed E-state index contributed by atoms with van der Waals surface area (Å²) in [6, 6.07) is 1.74. The minimum atomic E-state index is -0.844. The average Bonchev–Trinajstić information content (AvgIpc) is 2.07. The number of aryl methyl sites for hydroxylation is 1. The summed E-state index contributed by atoms with van der Waals surface area (Å²) in [5.41, 5.74) is 4.59. The van der Waals surface area contributed by atoms with Crippen LogP contribution in [0.15, 0.2) is 6.07 Å². The van der Waals surface area contributed by atoms with Crippen molar-refractivity contribution in [1.29, 1.82) is 0 Å². The average molecular weight is 208 g/mol. The second kappa shape index (κ2) is 4.64. The van der Waals surface area contributed by atoms with Crippen LogP contribution in [0.5, 0.6) is 0 Å². The zero-order chi connectivity index (χ0) is 10.2. The van der Waals surface area contributed by atoms with E-state index in [4.69, 9.17) is 5.11 Å². The van der Waals surface area contributed by atoms with Gasteiger partial charge in [-0.2, -0.15) is 0 Å². The van der Waals surface area contributed by atoms with Crippen LogP contribution < -0.4 is 0 Å². The Hall–Kier alpha value is -0.778. The summed E-state index contributed by atoms with van der Waals surface area (Å²) in [4.78, 5) is 10.8. The number of aromatic carboxylic acids is 1. The van der Waals surface area contributed by atoms with Gasteiger partial charge >= 0.3 is 5.97 Å². The Morgan fingerprint density at radius 2 is 1.57 bits per heavy atom. The van der Waals surface area contributed by atoms with Gasteiger partial charge in [-0.25, -0.2) is 4.79 Å². The number of benzene rings is 1. The molecule has 0 aliphatic rings. The topological polar surface area (TPSA) is 37.3 Å². The molecule has 3 heteroatoms. The Balaban J connectivity index is 0.00000169. The van der Waals surface area contributed by atoms with Crippen molar-refractivity contribution in [3.8, 4) is 0 Å². The summed E-state index contributed by atoms with van der Waals surface area (Å²) >= 11 is 0. The van der Waals surface area contributed by atoms with Gasteiger partial charge in [0.1, 0.15) is 0 Å². The first kappa shape index (κ1) is 13.2. The van der Waals surface area contributed by atoms with Crippen LogP contribution in [0.1, 0.15) is 32.6 Å². The van der Waals surface area contributed by atoms with E-state index in [0.29, 0.717) is 5.56 Å². The van der Waals surface area contributed by atoms with Crippen molar-refractivity contribution in [1.82, 2.24) is 0 Å². The van der Waals surface area contributed by atoms with Gasteiger partial charge in [-0.15, -0.1) is 0 Å². The minimum Gasteiger partial charge on any atom is -0.478 e. The highest BCUT2D eigenvalue weighted by Crippen LogP contribution is 2.20. The molecule has 0 aliphatic carbocycles. The lowest BCUT2D eigenvalue weighted by Gasteiger charge is -2.10. The minimum absolute atomic E-state index is 0. The number of hydrogen-bond donors (Lipinski definition) is 1. The van der Waals surface area contributed by atoms with Crippen LogP contribution >= 0.6 is 0 Å². The van der Waals surface area contributed by atoms with Gasteiger partial charge in [-0.3, -0.25) is 0 Å². The highest BCUT2D eigenvalue weighted by Gasteiger charge is 2.11. The summed E-state index contributed by atoms with van der Waals surface area (Å²) in [5.74, 6) is -0.844. The summed E-state index contributed by atoms with van der Waals surface area (Å²) in [6.07, 6.45) is 0. The molecule has 0 amide bonds. The molecule has 0 saturated heterocycles. The standard InChI is InChI=1S/C11H14O2.Al.3H/c1-6-5-10(11(12)13)9(4)8(3)7(6)2;;;;/h5H,1-4H3,(H,12,13);;;;. The molecule has 0 fully saturated rings. The third-order valence-corrected chi connectivity index (χ3v) is 2.71. The largest absolute Gasteiger partial charge is 0.478 e. The number of hydrogen-bond acceptors (Lipinski definition) is 1. The lowest BCUT2D eigenvalue weighted by Crippen LogP contribution is -2.04. The molecular formula is C11H17AlO2. The molecule has 0 spiro atoms. The molecule has 1 aromatic carbocycles. The predicted octanol–water partition coefficient (Wildman–Crippen LogP) is 1.43. The van der Waals surface area contributed by atoms with Crippen LogP contribution in [0, 0.1) is 27.7 Å². The van der Waals surface area contributed by atoms with Gasteiger partial charge in [0.2, 0.25) is 0 Å².